The van der Waals surface area contributed by atoms with Gasteiger partial charge in [-0.2, -0.15) is 5.10 Å². The highest BCUT2D eigenvalue weighted by Gasteiger charge is 2.36. The molecule has 4 heterocycles. The molecule has 0 radical (unpaired) electrons. The predicted octanol–water partition coefficient (Wildman–Crippen LogP) is 0.440. The Morgan fingerprint density at radius 1 is 1.26 bits per heavy atom. The second-order valence-electron chi connectivity index (χ2n) is 6.54. The molecule has 0 spiro atoms. The van der Waals surface area contributed by atoms with E-state index in [4.69, 9.17) is 0 Å². The van der Waals surface area contributed by atoms with Crippen LogP contribution >= 0.6 is 0 Å². The van der Waals surface area contributed by atoms with E-state index in [0.717, 1.165) is 18.5 Å². The standard InChI is InChI=1S/C16H22N4O3/c1-9-15(11(3)21)10(2)20(18-9)8-14(22)19-6-12-4-5-13(7-19)17-16(12)23/h12-13H,4-8H2,1-3H3,(H,17,23)/t12-,13+/m1/s1. The molecule has 2 bridgehead atoms. The van der Waals surface area contributed by atoms with Crippen LogP contribution in [-0.2, 0) is 16.1 Å². The number of ketones is 1. The Hall–Kier alpha value is -2.18. The third kappa shape index (κ3) is 2.87. The minimum absolute atomic E-state index is 0.0405. The second-order valence-corrected chi connectivity index (χ2v) is 6.54. The highest BCUT2D eigenvalue weighted by Crippen LogP contribution is 2.23. The predicted molar refractivity (Wildman–Crippen MR) is 82.9 cm³/mol. The summed E-state index contributed by atoms with van der Waals surface area (Å²) >= 11 is 0. The van der Waals surface area contributed by atoms with Gasteiger partial charge in [-0.3, -0.25) is 19.1 Å². The molecule has 3 aliphatic heterocycles. The minimum Gasteiger partial charge on any atom is -0.351 e. The highest BCUT2D eigenvalue weighted by molar-refractivity contribution is 5.96. The van der Waals surface area contributed by atoms with Crippen molar-refractivity contribution in [1.82, 2.24) is 20.0 Å². The van der Waals surface area contributed by atoms with Crippen molar-refractivity contribution in [2.75, 3.05) is 13.1 Å². The average Bonchev–Trinajstić information content (AvgIpc) is 2.65. The molecule has 7 heteroatoms. The number of Topliss-reactive ketones (excluding diaryl/α,β-unsaturated/α-hetero) is 1. The number of carbonyl (C=O) groups excluding carboxylic acids is 3. The number of fused-ring (bicyclic) bond motifs is 4. The normalized spacial score (nSPS) is 23.6. The smallest absolute Gasteiger partial charge is 0.244 e. The molecule has 0 aromatic carbocycles. The highest BCUT2D eigenvalue weighted by atomic mass is 16.2. The molecule has 1 aromatic heterocycles. The van der Waals surface area contributed by atoms with E-state index >= 15 is 0 Å². The molecule has 3 fully saturated rings. The van der Waals surface area contributed by atoms with Crippen LogP contribution < -0.4 is 5.32 Å². The number of aromatic nitrogens is 2. The molecule has 23 heavy (non-hydrogen) atoms. The summed E-state index contributed by atoms with van der Waals surface area (Å²) < 4.78 is 1.59. The number of carbonyl (C=O) groups is 3. The number of rotatable bonds is 3. The Labute approximate surface area is 135 Å². The molecule has 2 atom stereocenters. The zero-order valence-corrected chi connectivity index (χ0v) is 13.8. The first-order valence-corrected chi connectivity index (χ1v) is 8.00. The zero-order valence-electron chi connectivity index (χ0n) is 13.8. The van der Waals surface area contributed by atoms with E-state index in [1.54, 1.807) is 23.4 Å². The molecule has 7 nitrogen and oxygen atoms in total. The Morgan fingerprint density at radius 2 is 2.00 bits per heavy atom. The summed E-state index contributed by atoms with van der Waals surface area (Å²) in [5.74, 6) is -0.145. The average molecular weight is 318 g/mol. The summed E-state index contributed by atoms with van der Waals surface area (Å²) in [5, 5.41) is 7.29. The molecule has 0 aliphatic carbocycles. The number of piperidine rings is 1. The van der Waals surface area contributed by atoms with Gasteiger partial charge in [-0.15, -0.1) is 0 Å². The maximum absolute atomic E-state index is 12.6. The largest absolute Gasteiger partial charge is 0.351 e. The van der Waals surface area contributed by atoms with E-state index < -0.39 is 0 Å². The molecule has 124 valence electrons. The first-order chi connectivity index (χ1) is 10.9. The van der Waals surface area contributed by atoms with Crippen LogP contribution in [0.3, 0.4) is 0 Å². The second kappa shape index (κ2) is 5.79. The SMILES string of the molecule is CC(=O)c1c(C)nn(CC(=O)N2C[C@@H]3CC[C@H](C2)C(=O)N3)c1C. The molecule has 4 rings (SSSR count). The number of hydrogen-bond acceptors (Lipinski definition) is 4. The van der Waals surface area contributed by atoms with Gasteiger partial charge in [0.05, 0.1) is 17.2 Å². The number of hydrogen-bond donors (Lipinski definition) is 1. The van der Waals surface area contributed by atoms with E-state index in [1.807, 2.05) is 0 Å². The lowest BCUT2D eigenvalue weighted by atomic mass is 9.96. The lowest BCUT2D eigenvalue weighted by molar-refractivity contribution is -0.132. The van der Waals surface area contributed by atoms with Gasteiger partial charge in [0.1, 0.15) is 6.54 Å². The monoisotopic (exact) mass is 318 g/mol. The first kappa shape index (κ1) is 15.7. The van der Waals surface area contributed by atoms with Crippen LogP contribution in [0.4, 0.5) is 0 Å². The van der Waals surface area contributed by atoms with Gasteiger partial charge in [0.25, 0.3) is 0 Å². The maximum Gasteiger partial charge on any atom is 0.244 e. The van der Waals surface area contributed by atoms with Crippen LogP contribution in [0, 0.1) is 19.8 Å². The van der Waals surface area contributed by atoms with Crippen molar-refractivity contribution in [3.05, 3.63) is 17.0 Å². The Kier molecular flexibility index (Phi) is 3.95. The number of nitrogens with one attached hydrogen (secondary N) is 1. The number of aryl methyl sites for hydroxylation is 1. The summed E-state index contributed by atoms with van der Waals surface area (Å²) in [5.41, 5.74) is 1.96. The summed E-state index contributed by atoms with van der Waals surface area (Å²) in [7, 11) is 0. The van der Waals surface area contributed by atoms with Crippen LogP contribution in [-0.4, -0.2) is 51.4 Å². The fourth-order valence-corrected chi connectivity index (χ4v) is 3.63. The van der Waals surface area contributed by atoms with Crippen molar-refractivity contribution in [1.29, 1.82) is 0 Å². The van der Waals surface area contributed by atoms with Crippen LogP contribution in [0.2, 0.25) is 0 Å². The van der Waals surface area contributed by atoms with Crippen molar-refractivity contribution in [3.8, 4) is 0 Å². The fourth-order valence-electron chi connectivity index (χ4n) is 3.63. The number of nitrogens with zero attached hydrogens (tertiary/aromatic N) is 3. The van der Waals surface area contributed by atoms with Crippen LogP contribution in [0.25, 0.3) is 0 Å². The molecular formula is C16H22N4O3. The van der Waals surface area contributed by atoms with E-state index in [9.17, 15) is 14.4 Å². The molecule has 3 saturated heterocycles. The van der Waals surface area contributed by atoms with Gasteiger partial charge >= 0.3 is 0 Å². The van der Waals surface area contributed by atoms with Gasteiger partial charge in [0, 0.05) is 24.8 Å². The fraction of sp³-hybridized carbons (Fsp3) is 0.625. The molecule has 0 saturated carbocycles. The molecule has 0 unspecified atom stereocenters. The van der Waals surface area contributed by atoms with Crippen molar-refractivity contribution >= 4 is 17.6 Å². The van der Waals surface area contributed by atoms with Crippen molar-refractivity contribution in [2.24, 2.45) is 5.92 Å². The Morgan fingerprint density at radius 3 is 2.61 bits per heavy atom. The third-order valence-corrected chi connectivity index (χ3v) is 4.83. The zero-order chi connectivity index (χ0) is 16.7. The van der Waals surface area contributed by atoms with E-state index in [2.05, 4.69) is 10.4 Å². The lowest BCUT2D eigenvalue weighted by Gasteiger charge is -2.23. The quantitative estimate of drug-likeness (QED) is 0.820. The lowest BCUT2D eigenvalue weighted by Crippen LogP contribution is -2.44. The van der Waals surface area contributed by atoms with E-state index in [1.165, 1.54) is 6.92 Å². The Bertz CT molecular complexity index is 679. The molecule has 1 N–H and O–H groups in total. The van der Waals surface area contributed by atoms with E-state index in [-0.39, 0.29) is 36.1 Å². The summed E-state index contributed by atoms with van der Waals surface area (Å²) in [4.78, 5) is 37.9. The third-order valence-electron chi connectivity index (χ3n) is 4.83. The summed E-state index contributed by atoms with van der Waals surface area (Å²) in [6.07, 6.45) is 1.77. The van der Waals surface area contributed by atoms with Crippen molar-refractivity contribution in [2.45, 2.75) is 46.2 Å². The van der Waals surface area contributed by atoms with Gasteiger partial charge in [0.2, 0.25) is 11.8 Å². The van der Waals surface area contributed by atoms with Gasteiger partial charge in [-0.25, -0.2) is 0 Å². The van der Waals surface area contributed by atoms with Crippen molar-refractivity contribution in [3.63, 3.8) is 0 Å². The van der Waals surface area contributed by atoms with Gasteiger partial charge < -0.3 is 10.2 Å². The maximum atomic E-state index is 12.6. The number of amides is 2. The van der Waals surface area contributed by atoms with Crippen molar-refractivity contribution < 1.29 is 14.4 Å². The molecular weight excluding hydrogens is 296 g/mol. The van der Waals surface area contributed by atoms with E-state index in [0.29, 0.717) is 24.3 Å². The minimum atomic E-state index is -0.106. The Balaban J connectivity index is 1.76. The molecule has 1 aromatic rings. The van der Waals surface area contributed by atoms with Crippen LogP contribution in [0.1, 0.15) is 41.5 Å². The van der Waals surface area contributed by atoms with Gasteiger partial charge in [0.15, 0.2) is 5.78 Å². The summed E-state index contributed by atoms with van der Waals surface area (Å²) in [6.45, 7) is 6.22. The topological polar surface area (TPSA) is 84.3 Å². The van der Waals surface area contributed by atoms with Gasteiger partial charge in [-0.05, 0) is 33.6 Å². The summed E-state index contributed by atoms with van der Waals surface area (Å²) in [6, 6.07) is 0.0541. The first-order valence-electron chi connectivity index (χ1n) is 8.00. The van der Waals surface area contributed by atoms with Crippen LogP contribution in [0.5, 0.6) is 0 Å². The molecule has 2 amide bonds. The van der Waals surface area contributed by atoms with Gasteiger partial charge in [-0.1, -0.05) is 0 Å². The molecule has 3 aliphatic rings. The van der Waals surface area contributed by atoms with Crippen LogP contribution in [0.15, 0.2) is 0 Å².